The third-order valence-corrected chi connectivity index (χ3v) is 4.02. The first-order valence-corrected chi connectivity index (χ1v) is 7.46. The lowest BCUT2D eigenvalue weighted by atomic mass is 9.94. The van der Waals surface area contributed by atoms with Crippen molar-refractivity contribution in [3.05, 3.63) is 29.3 Å². The van der Waals surface area contributed by atoms with Crippen LogP contribution in [-0.4, -0.2) is 30.1 Å². The molecule has 0 saturated carbocycles. The van der Waals surface area contributed by atoms with Gasteiger partial charge in [0.05, 0.1) is 11.5 Å². The van der Waals surface area contributed by atoms with Crippen molar-refractivity contribution in [2.24, 2.45) is 11.7 Å². The van der Waals surface area contributed by atoms with E-state index in [0.717, 1.165) is 30.5 Å². The molecular formula is C16H22N2O3. The zero-order valence-corrected chi connectivity index (χ0v) is 12.3. The molecule has 1 amide bonds. The highest BCUT2D eigenvalue weighted by Gasteiger charge is 2.29. The number of aromatic carboxylic acids is 1. The number of anilines is 1. The fourth-order valence-corrected chi connectivity index (χ4v) is 2.96. The molecule has 0 spiro atoms. The molecule has 1 heterocycles. The number of nitrogens with two attached hydrogens (primary N) is 1. The van der Waals surface area contributed by atoms with Crippen LogP contribution in [0.25, 0.3) is 0 Å². The Bertz CT molecular complexity index is 542. The molecule has 1 aliphatic rings. The minimum atomic E-state index is -0.940. The van der Waals surface area contributed by atoms with E-state index in [9.17, 15) is 14.7 Å². The molecule has 1 atom stereocenters. The van der Waals surface area contributed by atoms with Gasteiger partial charge in [-0.1, -0.05) is 19.4 Å². The van der Waals surface area contributed by atoms with E-state index in [1.807, 2.05) is 13.0 Å². The van der Waals surface area contributed by atoms with Crippen LogP contribution < -0.4 is 10.6 Å². The maximum Gasteiger partial charge on any atom is 0.336 e. The van der Waals surface area contributed by atoms with Crippen LogP contribution in [0.5, 0.6) is 0 Å². The molecule has 1 unspecified atom stereocenters. The summed E-state index contributed by atoms with van der Waals surface area (Å²) < 4.78 is 0. The molecule has 0 aromatic heterocycles. The smallest absolute Gasteiger partial charge is 0.336 e. The summed E-state index contributed by atoms with van der Waals surface area (Å²) in [6.45, 7) is 2.99. The molecule has 21 heavy (non-hydrogen) atoms. The molecule has 0 radical (unpaired) electrons. The molecule has 0 bridgehead atoms. The van der Waals surface area contributed by atoms with Crippen LogP contribution >= 0.6 is 0 Å². The van der Waals surface area contributed by atoms with E-state index >= 15 is 0 Å². The van der Waals surface area contributed by atoms with Crippen LogP contribution in [0.3, 0.4) is 0 Å². The minimum absolute atomic E-state index is 0.0165. The number of amides is 1. The van der Waals surface area contributed by atoms with Gasteiger partial charge >= 0.3 is 5.97 Å². The number of carbonyl (C=O) groups is 2. The highest BCUT2D eigenvalue weighted by molar-refractivity contribution is 5.99. The Morgan fingerprint density at radius 1 is 1.43 bits per heavy atom. The molecule has 114 valence electrons. The molecule has 1 aromatic rings. The van der Waals surface area contributed by atoms with Gasteiger partial charge in [0.15, 0.2) is 0 Å². The summed E-state index contributed by atoms with van der Waals surface area (Å²) in [7, 11) is 0. The quantitative estimate of drug-likeness (QED) is 0.869. The van der Waals surface area contributed by atoms with Gasteiger partial charge in [0.25, 0.3) is 0 Å². The van der Waals surface area contributed by atoms with E-state index in [1.54, 1.807) is 17.0 Å². The summed E-state index contributed by atoms with van der Waals surface area (Å²) in [6, 6.07) is 5.13. The molecule has 0 saturated heterocycles. The number of carboxylic acid groups (broad SMARTS) is 1. The Balaban J connectivity index is 2.36. The number of nitrogens with zero attached hydrogens (tertiary/aromatic N) is 1. The lowest BCUT2D eigenvalue weighted by Gasteiger charge is -2.32. The van der Waals surface area contributed by atoms with Crippen LogP contribution in [0.2, 0.25) is 0 Å². The van der Waals surface area contributed by atoms with E-state index in [0.29, 0.717) is 25.1 Å². The molecule has 1 aliphatic heterocycles. The first-order valence-electron chi connectivity index (χ1n) is 7.46. The van der Waals surface area contributed by atoms with Crippen molar-refractivity contribution in [1.82, 2.24) is 0 Å². The monoisotopic (exact) mass is 290 g/mol. The van der Waals surface area contributed by atoms with E-state index in [2.05, 4.69) is 0 Å². The Labute approximate surface area is 124 Å². The third kappa shape index (κ3) is 3.08. The summed E-state index contributed by atoms with van der Waals surface area (Å²) in [5.41, 5.74) is 7.52. The second-order valence-corrected chi connectivity index (χ2v) is 5.42. The number of fused-ring (bicyclic) bond motifs is 1. The summed E-state index contributed by atoms with van der Waals surface area (Å²) in [6.07, 6.45) is 3.15. The topological polar surface area (TPSA) is 83.6 Å². The van der Waals surface area contributed by atoms with E-state index in [1.165, 1.54) is 0 Å². The highest BCUT2D eigenvalue weighted by atomic mass is 16.4. The van der Waals surface area contributed by atoms with Crippen LogP contribution in [0.15, 0.2) is 18.2 Å². The number of hydrogen-bond acceptors (Lipinski definition) is 3. The van der Waals surface area contributed by atoms with Crippen molar-refractivity contribution in [3.63, 3.8) is 0 Å². The van der Waals surface area contributed by atoms with Crippen molar-refractivity contribution in [2.75, 3.05) is 18.0 Å². The summed E-state index contributed by atoms with van der Waals surface area (Å²) in [4.78, 5) is 25.7. The Morgan fingerprint density at radius 2 is 2.19 bits per heavy atom. The fraction of sp³-hybridized carbons (Fsp3) is 0.500. The minimum Gasteiger partial charge on any atom is -0.478 e. The molecule has 5 heteroatoms. The maximum atomic E-state index is 12.7. The summed E-state index contributed by atoms with van der Waals surface area (Å²) >= 11 is 0. The van der Waals surface area contributed by atoms with Gasteiger partial charge in [0.2, 0.25) is 5.91 Å². The summed E-state index contributed by atoms with van der Waals surface area (Å²) in [5.74, 6) is -1.11. The number of carboxylic acids is 1. The number of rotatable bonds is 5. The standard InChI is InChI=1S/C16H22N2O3/c1-2-5-11(10-17)15(19)18-9-4-7-12-13(16(20)21)6-3-8-14(12)18/h3,6,8,11H,2,4-5,7,9-10,17H2,1H3,(H,20,21). The van der Waals surface area contributed by atoms with Gasteiger partial charge in [-0.2, -0.15) is 0 Å². The maximum absolute atomic E-state index is 12.7. The number of carbonyl (C=O) groups excluding carboxylic acids is 1. The van der Waals surface area contributed by atoms with Gasteiger partial charge in [-0.15, -0.1) is 0 Å². The Kier molecular flexibility index (Phi) is 4.96. The SMILES string of the molecule is CCCC(CN)C(=O)N1CCCc2c(C(=O)O)cccc21. The first kappa shape index (κ1) is 15.5. The van der Waals surface area contributed by atoms with Gasteiger partial charge < -0.3 is 15.7 Å². The van der Waals surface area contributed by atoms with Gasteiger partial charge in [-0.05, 0) is 37.0 Å². The van der Waals surface area contributed by atoms with E-state index < -0.39 is 5.97 Å². The molecule has 0 fully saturated rings. The number of benzene rings is 1. The Morgan fingerprint density at radius 3 is 2.81 bits per heavy atom. The van der Waals surface area contributed by atoms with Crippen LogP contribution in [0.4, 0.5) is 5.69 Å². The van der Waals surface area contributed by atoms with E-state index in [4.69, 9.17) is 5.73 Å². The summed E-state index contributed by atoms with van der Waals surface area (Å²) in [5, 5.41) is 9.28. The largest absolute Gasteiger partial charge is 0.478 e. The lowest BCUT2D eigenvalue weighted by Crippen LogP contribution is -2.42. The zero-order valence-electron chi connectivity index (χ0n) is 12.3. The van der Waals surface area contributed by atoms with Gasteiger partial charge in [-0.25, -0.2) is 4.79 Å². The van der Waals surface area contributed by atoms with Crippen molar-refractivity contribution >= 4 is 17.6 Å². The van der Waals surface area contributed by atoms with Gasteiger partial charge in [-0.3, -0.25) is 4.79 Å². The molecule has 3 N–H and O–H groups in total. The van der Waals surface area contributed by atoms with Crippen molar-refractivity contribution in [1.29, 1.82) is 0 Å². The van der Waals surface area contributed by atoms with Gasteiger partial charge in [0, 0.05) is 18.8 Å². The van der Waals surface area contributed by atoms with E-state index in [-0.39, 0.29) is 11.8 Å². The molecule has 5 nitrogen and oxygen atoms in total. The third-order valence-electron chi connectivity index (χ3n) is 4.02. The second-order valence-electron chi connectivity index (χ2n) is 5.42. The van der Waals surface area contributed by atoms with Crippen molar-refractivity contribution in [3.8, 4) is 0 Å². The second kappa shape index (κ2) is 6.72. The predicted octanol–water partition coefficient (Wildman–Crippen LogP) is 2.04. The van der Waals surface area contributed by atoms with Gasteiger partial charge in [0.1, 0.15) is 0 Å². The zero-order chi connectivity index (χ0) is 15.4. The molecular weight excluding hydrogens is 268 g/mol. The predicted molar refractivity (Wildman–Crippen MR) is 81.5 cm³/mol. The van der Waals surface area contributed by atoms with Crippen molar-refractivity contribution < 1.29 is 14.7 Å². The van der Waals surface area contributed by atoms with Crippen LogP contribution in [-0.2, 0) is 11.2 Å². The molecule has 2 rings (SSSR count). The molecule has 0 aliphatic carbocycles. The highest BCUT2D eigenvalue weighted by Crippen LogP contribution is 2.31. The normalized spacial score (nSPS) is 15.4. The first-order chi connectivity index (χ1) is 10.1. The average Bonchev–Trinajstić information content (AvgIpc) is 2.50. The number of hydrogen-bond donors (Lipinski definition) is 2. The fourth-order valence-electron chi connectivity index (χ4n) is 2.96. The average molecular weight is 290 g/mol. The lowest BCUT2D eigenvalue weighted by molar-refractivity contribution is -0.122. The van der Waals surface area contributed by atoms with Crippen molar-refractivity contribution in [2.45, 2.75) is 32.6 Å². The van der Waals surface area contributed by atoms with Crippen LogP contribution in [0.1, 0.15) is 42.1 Å². The molecule has 1 aromatic carbocycles. The Hall–Kier alpha value is -1.88. The van der Waals surface area contributed by atoms with Crippen LogP contribution in [0, 0.1) is 5.92 Å².